The monoisotopic (exact) mass is 245 g/mol. The zero-order valence-corrected chi connectivity index (χ0v) is 11.8. The quantitative estimate of drug-likeness (QED) is 0.900. The number of aryl methyl sites for hydroxylation is 2. The van der Waals surface area contributed by atoms with Crippen LogP contribution in [0.5, 0.6) is 0 Å². The van der Waals surface area contributed by atoms with Crippen molar-refractivity contribution in [3.63, 3.8) is 0 Å². The number of aromatic nitrogens is 2. The van der Waals surface area contributed by atoms with Gasteiger partial charge >= 0.3 is 0 Å². The van der Waals surface area contributed by atoms with Crippen LogP contribution < -0.4 is 5.73 Å². The fraction of sp³-hybridized carbons (Fsp3) is 0.533. The van der Waals surface area contributed by atoms with Gasteiger partial charge in [-0.25, -0.2) is 4.98 Å². The van der Waals surface area contributed by atoms with E-state index < -0.39 is 0 Å². The Balaban J connectivity index is 2.71. The molecule has 0 bridgehead atoms. The van der Waals surface area contributed by atoms with Gasteiger partial charge in [0.1, 0.15) is 5.82 Å². The van der Waals surface area contributed by atoms with E-state index in [0.29, 0.717) is 6.54 Å². The lowest BCUT2D eigenvalue weighted by molar-refractivity contribution is 0.420. The Morgan fingerprint density at radius 1 is 1.33 bits per heavy atom. The molecule has 0 amide bonds. The third kappa shape index (κ3) is 1.93. The highest BCUT2D eigenvalue weighted by Crippen LogP contribution is 2.29. The predicted octanol–water partition coefficient (Wildman–Crippen LogP) is 2.99. The molecular formula is C15H23N3. The standard InChI is InChI=1S/C15H23N3/c1-5-15(4,10-16)14-17-12-9-11(3)7-8-13(12)18(14)6-2/h7-9H,5-6,10,16H2,1-4H3. The minimum atomic E-state index is -0.0388. The van der Waals surface area contributed by atoms with Gasteiger partial charge in [-0.3, -0.25) is 0 Å². The third-order valence-electron chi connectivity index (χ3n) is 3.99. The summed E-state index contributed by atoms with van der Waals surface area (Å²) in [7, 11) is 0. The van der Waals surface area contributed by atoms with Crippen LogP contribution in [-0.4, -0.2) is 16.1 Å². The summed E-state index contributed by atoms with van der Waals surface area (Å²) in [5.74, 6) is 1.12. The molecule has 0 aliphatic rings. The molecule has 3 heteroatoms. The molecule has 1 aromatic heterocycles. The fourth-order valence-electron chi connectivity index (χ4n) is 2.41. The smallest absolute Gasteiger partial charge is 0.117 e. The average Bonchev–Trinajstić information content (AvgIpc) is 2.75. The lowest BCUT2D eigenvalue weighted by atomic mass is 9.86. The van der Waals surface area contributed by atoms with Crippen LogP contribution in [0.4, 0.5) is 0 Å². The summed E-state index contributed by atoms with van der Waals surface area (Å²) in [4.78, 5) is 4.84. The molecule has 2 rings (SSSR count). The Morgan fingerprint density at radius 3 is 2.61 bits per heavy atom. The van der Waals surface area contributed by atoms with E-state index in [9.17, 15) is 0 Å². The average molecular weight is 245 g/mol. The van der Waals surface area contributed by atoms with E-state index in [4.69, 9.17) is 10.7 Å². The second-order valence-electron chi connectivity index (χ2n) is 5.29. The largest absolute Gasteiger partial charge is 0.329 e. The zero-order valence-electron chi connectivity index (χ0n) is 11.8. The van der Waals surface area contributed by atoms with E-state index in [1.54, 1.807) is 0 Å². The van der Waals surface area contributed by atoms with Gasteiger partial charge in [0.25, 0.3) is 0 Å². The predicted molar refractivity (Wildman–Crippen MR) is 76.8 cm³/mol. The molecule has 1 aromatic carbocycles. The highest BCUT2D eigenvalue weighted by atomic mass is 15.1. The van der Waals surface area contributed by atoms with Gasteiger partial charge in [0.15, 0.2) is 0 Å². The summed E-state index contributed by atoms with van der Waals surface area (Å²) in [6, 6.07) is 6.46. The zero-order chi connectivity index (χ0) is 13.3. The van der Waals surface area contributed by atoms with Crippen molar-refractivity contribution in [3.05, 3.63) is 29.6 Å². The van der Waals surface area contributed by atoms with Crippen LogP contribution in [0.25, 0.3) is 11.0 Å². The molecule has 1 atom stereocenters. The lowest BCUT2D eigenvalue weighted by Gasteiger charge is -2.26. The number of hydrogen-bond acceptors (Lipinski definition) is 2. The summed E-state index contributed by atoms with van der Waals surface area (Å²) in [6.07, 6.45) is 1.01. The van der Waals surface area contributed by atoms with E-state index in [1.807, 2.05) is 0 Å². The summed E-state index contributed by atoms with van der Waals surface area (Å²) >= 11 is 0. The molecule has 18 heavy (non-hydrogen) atoms. The molecule has 0 fully saturated rings. The molecule has 0 aliphatic heterocycles. The Labute approximate surface area is 109 Å². The first-order chi connectivity index (χ1) is 8.55. The van der Waals surface area contributed by atoms with E-state index in [-0.39, 0.29) is 5.41 Å². The van der Waals surface area contributed by atoms with Crippen LogP contribution in [0.3, 0.4) is 0 Å². The maximum absolute atomic E-state index is 5.97. The van der Waals surface area contributed by atoms with Crippen molar-refractivity contribution in [1.82, 2.24) is 9.55 Å². The minimum Gasteiger partial charge on any atom is -0.329 e. The van der Waals surface area contributed by atoms with Crippen molar-refractivity contribution in [1.29, 1.82) is 0 Å². The Hall–Kier alpha value is -1.35. The molecule has 98 valence electrons. The van der Waals surface area contributed by atoms with Gasteiger partial charge in [-0.1, -0.05) is 19.9 Å². The summed E-state index contributed by atoms with van der Waals surface area (Å²) in [5, 5.41) is 0. The van der Waals surface area contributed by atoms with Gasteiger partial charge in [0.2, 0.25) is 0 Å². The molecule has 1 unspecified atom stereocenters. The third-order valence-corrected chi connectivity index (χ3v) is 3.99. The van der Waals surface area contributed by atoms with Gasteiger partial charge in [0.05, 0.1) is 11.0 Å². The maximum atomic E-state index is 5.97. The maximum Gasteiger partial charge on any atom is 0.117 e. The first-order valence-electron chi connectivity index (χ1n) is 6.73. The SMILES string of the molecule is CCn1c(C(C)(CC)CN)nc2cc(C)ccc21. The van der Waals surface area contributed by atoms with E-state index in [0.717, 1.165) is 24.3 Å². The minimum absolute atomic E-state index is 0.0388. The second-order valence-corrected chi connectivity index (χ2v) is 5.29. The summed E-state index contributed by atoms with van der Waals surface area (Å²) in [5.41, 5.74) is 9.48. The molecule has 2 aromatic rings. The van der Waals surface area contributed by atoms with Gasteiger partial charge in [-0.2, -0.15) is 0 Å². The molecule has 2 N–H and O–H groups in total. The van der Waals surface area contributed by atoms with Crippen molar-refractivity contribution >= 4 is 11.0 Å². The van der Waals surface area contributed by atoms with Crippen molar-refractivity contribution < 1.29 is 0 Å². The van der Waals surface area contributed by atoms with Crippen LogP contribution in [0.1, 0.15) is 38.6 Å². The van der Waals surface area contributed by atoms with Crippen molar-refractivity contribution in [2.75, 3.05) is 6.54 Å². The van der Waals surface area contributed by atoms with Gasteiger partial charge in [-0.05, 0) is 38.0 Å². The number of rotatable bonds is 4. The van der Waals surface area contributed by atoms with Gasteiger partial charge < -0.3 is 10.3 Å². The van der Waals surface area contributed by atoms with Crippen LogP contribution in [-0.2, 0) is 12.0 Å². The topological polar surface area (TPSA) is 43.8 Å². The highest BCUT2D eigenvalue weighted by molar-refractivity contribution is 5.77. The molecule has 1 heterocycles. The van der Waals surface area contributed by atoms with Crippen LogP contribution in [0.15, 0.2) is 18.2 Å². The molecule has 0 spiro atoms. The fourth-order valence-corrected chi connectivity index (χ4v) is 2.41. The van der Waals surface area contributed by atoms with Crippen LogP contribution in [0, 0.1) is 6.92 Å². The van der Waals surface area contributed by atoms with E-state index >= 15 is 0 Å². The summed E-state index contributed by atoms with van der Waals surface area (Å²) < 4.78 is 2.30. The molecular weight excluding hydrogens is 222 g/mol. The normalized spacial score (nSPS) is 14.9. The van der Waals surface area contributed by atoms with Crippen LogP contribution >= 0.6 is 0 Å². The number of imidazole rings is 1. The van der Waals surface area contributed by atoms with Crippen molar-refractivity contribution in [2.45, 2.75) is 46.1 Å². The molecule has 0 radical (unpaired) electrons. The lowest BCUT2D eigenvalue weighted by Crippen LogP contribution is -2.34. The number of fused-ring (bicyclic) bond motifs is 1. The highest BCUT2D eigenvalue weighted by Gasteiger charge is 2.29. The second kappa shape index (κ2) is 4.73. The molecule has 0 aliphatic carbocycles. The number of benzene rings is 1. The van der Waals surface area contributed by atoms with E-state index in [2.05, 4.69) is 50.5 Å². The Bertz CT molecular complexity index is 550. The Kier molecular flexibility index (Phi) is 3.44. The van der Waals surface area contributed by atoms with Crippen molar-refractivity contribution in [3.8, 4) is 0 Å². The van der Waals surface area contributed by atoms with Crippen molar-refractivity contribution in [2.24, 2.45) is 5.73 Å². The molecule has 0 saturated heterocycles. The number of nitrogens with two attached hydrogens (primary N) is 1. The first kappa shape index (κ1) is 13.1. The van der Waals surface area contributed by atoms with Gasteiger partial charge in [-0.15, -0.1) is 0 Å². The Morgan fingerprint density at radius 2 is 2.06 bits per heavy atom. The number of nitrogens with zero attached hydrogens (tertiary/aromatic N) is 2. The molecule has 3 nitrogen and oxygen atoms in total. The van der Waals surface area contributed by atoms with Crippen LogP contribution in [0.2, 0.25) is 0 Å². The molecule has 0 saturated carbocycles. The summed E-state index contributed by atoms with van der Waals surface area (Å²) in [6.45, 7) is 10.2. The van der Waals surface area contributed by atoms with E-state index in [1.165, 1.54) is 11.1 Å². The first-order valence-corrected chi connectivity index (χ1v) is 6.73. The number of hydrogen-bond donors (Lipinski definition) is 1. The van der Waals surface area contributed by atoms with Gasteiger partial charge in [0, 0.05) is 18.5 Å².